The molecule has 0 aromatic heterocycles. The van der Waals surface area contributed by atoms with Gasteiger partial charge in [0.25, 0.3) is 5.91 Å². The van der Waals surface area contributed by atoms with Gasteiger partial charge >= 0.3 is 0 Å². The third-order valence-corrected chi connectivity index (χ3v) is 3.38. The van der Waals surface area contributed by atoms with Crippen molar-refractivity contribution in [2.45, 2.75) is 12.5 Å². The van der Waals surface area contributed by atoms with Crippen LogP contribution in [-0.4, -0.2) is 37.1 Å². The maximum Gasteiger partial charge on any atom is 0.256 e. The lowest BCUT2D eigenvalue weighted by atomic mass is 10.1. The van der Waals surface area contributed by atoms with E-state index in [9.17, 15) is 4.79 Å². The van der Waals surface area contributed by atoms with Crippen LogP contribution in [0.15, 0.2) is 18.2 Å². The summed E-state index contributed by atoms with van der Waals surface area (Å²) in [5.41, 5.74) is 3.55. The first-order valence-electron chi connectivity index (χ1n) is 5.74. The van der Waals surface area contributed by atoms with Gasteiger partial charge in [0.2, 0.25) is 0 Å². The van der Waals surface area contributed by atoms with Gasteiger partial charge in [0.05, 0.1) is 23.9 Å². The number of rotatable bonds is 3. The molecule has 0 saturated carbocycles. The van der Waals surface area contributed by atoms with Gasteiger partial charge in [0.15, 0.2) is 0 Å². The van der Waals surface area contributed by atoms with Crippen LogP contribution in [0.5, 0.6) is 0 Å². The summed E-state index contributed by atoms with van der Waals surface area (Å²) >= 11 is 5.92. The quantitative estimate of drug-likeness (QED) is 0.644. The van der Waals surface area contributed by atoms with Gasteiger partial charge in [0, 0.05) is 18.7 Å². The average molecular weight is 270 g/mol. The van der Waals surface area contributed by atoms with Gasteiger partial charge in [0.1, 0.15) is 0 Å². The van der Waals surface area contributed by atoms with Crippen molar-refractivity contribution in [1.29, 1.82) is 0 Å². The molecule has 1 aliphatic rings. The molecule has 18 heavy (non-hydrogen) atoms. The van der Waals surface area contributed by atoms with E-state index in [0.29, 0.717) is 29.5 Å². The number of nitrogens with two attached hydrogens (primary N) is 1. The second kappa shape index (κ2) is 5.56. The molecule has 1 aliphatic heterocycles. The number of carbonyl (C=O) groups excluding carboxylic acids is 1. The molecular formula is C12H16ClN3O2. The van der Waals surface area contributed by atoms with E-state index in [0.717, 1.165) is 6.42 Å². The lowest BCUT2D eigenvalue weighted by Gasteiger charge is -2.24. The summed E-state index contributed by atoms with van der Waals surface area (Å²) in [7, 11) is 1.77. The van der Waals surface area contributed by atoms with Crippen LogP contribution in [0.1, 0.15) is 16.8 Å². The minimum Gasteiger partial charge on any atom is -0.379 e. The molecule has 0 aliphatic carbocycles. The van der Waals surface area contributed by atoms with E-state index in [2.05, 4.69) is 5.43 Å². The highest BCUT2D eigenvalue weighted by atomic mass is 35.5. The average Bonchev–Trinajstić information content (AvgIpc) is 2.90. The number of hydrogen-bond acceptors (Lipinski definition) is 4. The Morgan fingerprint density at radius 2 is 2.39 bits per heavy atom. The summed E-state index contributed by atoms with van der Waals surface area (Å²) in [6.07, 6.45) is 0.855. The Balaban J connectivity index is 2.24. The molecule has 1 atom stereocenters. The second-order valence-electron chi connectivity index (χ2n) is 4.27. The summed E-state index contributed by atoms with van der Waals surface area (Å²) in [5, 5.41) is 0.508. The van der Waals surface area contributed by atoms with Gasteiger partial charge in [-0.15, -0.1) is 0 Å². The number of carbonyl (C=O) groups is 1. The molecule has 0 spiro atoms. The largest absolute Gasteiger partial charge is 0.379 e. The lowest BCUT2D eigenvalue weighted by Crippen LogP contribution is -2.37. The summed E-state index contributed by atoms with van der Waals surface area (Å²) < 4.78 is 5.28. The number of amides is 1. The van der Waals surface area contributed by atoms with E-state index in [1.54, 1.807) is 30.1 Å². The molecule has 1 aromatic carbocycles. The van der Waals surface area contributed by atoms with E-state index < -0.39 is 0 Å². The van der Waals surface area contributed by atoms with Crippen LogP contribution in [0.4, 0.5) is 5.69 Å². The first kappa shape index (κ1) is 13.1. The SMILES string of the molecule is CN(C(=O)c1cc(Cl)ccc1NN)C1CCOC1. The Morgan fingerprint density at radius 1 is 1.61 bits per heavy atom. The smallest absolute Gasteiger partial charge is 0.256 e. The first-order valence-corrected chi connectivity index (χ1v) is 6.12. The fraction of sp³-hybridized carbons (Fsp3) is 0.417. The molecule has 1 saturated heterocycles. The molecule has 3 N–H and O–H groups in total. The molecule has 5 nitrogen and oxygen atoms in total. The summed E-state index contributed by atoms with van der Waals surface area (Å²) in [6.45, 7) is 1.27. The summed E-state index contributed by atoms with van der Waals surface area (Å²) in [6, 6.07) is 5.11. The Morgan fingerprint density at radius 3 is 3.00 bits per heavy atom. The van der Waals surface area contributed by atoms with Crippen LogP contribution in [-0.2, 0) is 4.74 Å². The fourth-order valence-electron chi connectivity index (χ4n) is 2.00. The molecule has 1 unspecified atom stereocenters. The zero-order chi connectivity index (χ0) is 13.1. The topological polar surface area (TPSA) is 67.6 Å². The molecular weight excluding hydrogens is 254 g/mol. The van der Waals surface area contributed by atoms with Crippen LogP contribution in [0.2, 0.25) is 5.02 Å². The minimum absolute atomic E-state index is 0.110. The fourth-order valence-corrected chi connectivity index (χ4v) is 2.17. The molecule has 1 aromatic rings. The number of hydrazine groups is 1. The first-order chi connectivity index (χ1) is 8.63. The van der Waals surface area contributed by atoms with Crippen LogP contribution in [0, 0.1) is 0 Å². The van der Waals surface area contributed by atoms with E-state index >= 15 is 0 Å². The standard InChI is InChI=1S/C12H16ClN3O2/c1-16(9-4-5-18-7-9)12(17)10-6-8(13)2-3-11(10)15-14/h2-3,6,9,15H,4-5,7,14H2,1H3. The van der Waals surface area contributed by atoms with Gasteiger partial charge in [-0.1, -0.05) is 11.6 Å². The van der Waals surface area contributed by atoms with E-state index in [1.807, 2.05) is 0 Å². The second-order valence-corrected chi connectivity index (χ2v) is 4.70. The van der Waals surface area contributed by atoms with Crippen molar-refractivity contribution < 1.29 is 9.53 Å². The molecule has 0 bridgehead atoms. The van der Waals surface area contributed by atoms with Crippen molar-refractivity contribution in [3.63, 3.8) is 0 Å². The summed E-state index contributed by atoms with van der Waals surface area (Å²) in [5.74, 6) is 5.29. The van der Waals surface area contributed by atoms with Crippen LogP contribution >= 0.6 is 11.6 Å². The predicted molar refractivity (Wildman–Crippen MR) is 70.6 cm³/mol. The molecule has 6 heteroatoms. The zero-order valence-electron chi connectivity index (χ0n) is 10.1. The maximum absolute atomic E-state index is 12.4. The predicted octanol–water partition coefficient (Wildman–Crippen LogP) is 1.49. The van der Waals surface area contributed by atoms with Gasteiger partial charge in [-0.25, -0.2) is 0 Å². The van der Waals surface area contributed by atoms with Crippen molar-refractivity contribution in [3.8, 4) is 0 Å². The number of benzene rings is 1. The molecule has 1 amide bonds. The molecule has 2 rings (SSSR count). The lowest BCUT2D eigenvalue weighted by molar-refractivity contribution is 0.0712. The number of nitrogen functional groups attached to an aromatic ring is 1. The number of ether oxygens (including phenoxy) is 1. The van der Waals surface area contributed by atoms with Crippen molar-refractivity contribution in [1.82, 2.24) is 4.90 Å². The minimum atomic E-state index is -0.110. The molecule has 1 heterocycles. The molecule has 0 radical (unpaired) electrons. The number of anilines is 1. The van der Waals surface area contributed by atoms with Crippen LogP contribution in [0.25, 0.3) is 0 Å². The van der Waals surface area contributed by atoms with Crippen molar-refractivity contribution >= 4 is 23.2 Å². The van der Waals surface area contributed by atoms with Gasteiger partial charge in [-0.05, 0) is 24.6 Å². The van der Waals surface area contributed by atoms with E-state index in [4.69, 9.17) is 22.2 Å². The van der Waals surface area contributed by atoms with Gasteiger partial charge in [-0.2, -0.15) is 0 Å². The van der Waals surface area contributed by atoms with Crippen LogP contribution < -0.4 is 11.3 Å². The van der Waals surface area contributed by atoms with Gasteiger partial charge < -0.3 is 15.1 Å². The van der Waals surface area contributed by atoms with Crippen LogP contribution in [0.3, 0.4) is 0 Å². The van der Waals surface area contributed by atoms with E-state index in [1.165, 1.54) is 0 Å². The van der Waals surface area contributed by atoms with Crippen molar-refractivity contribution in [3.05, 3.63) is 28.8 Å². The number of hydrogen-bond donors (Lipinski definition) is 2. The monoisotopic (exact) mass is 269 g/mol. The third kappa shape index (κ3) is 2.58. The number of halogens is 1. The summed E-state index contributed by atoms with van der Waals surface area (Å²) in [4.78, 5) is 14.1. The Labute approximate surface area is 111 Å². The highest BCUT2D eigenvalue weighted by Gasteiger charge is 2.26. The highest BCUT2D eigenvalue weighted by Crippen LogP contribution is 2.23. The zero-order valence-corrected chi connectivity index (χ0v) is 10.9. The van der Waals surface area contributed by atoms with E-state index in [-0.39, 0.29) is 11.9 Å². The number of likely N-dealkylation sites (N-methyl/N-ethyl adjacent to an activating group) is 1. The Kier molecular flexibility index (Phi) is 4.06. The molecule has 98 valence electrons. The van der Waals surface area contributed by atoms with Crippen molar-refractivity contribution in [2.75, 3.05) is 25.7 Å². The molecule has 1 fully saturated rings. The number of nitrogens with zero attached hydrogens (tertiary/aromatic N) is 1. The van der Waals surface area contributed by atoms with Gasteiger partial charge in [-0.3, -0.25) is 10.6 Å². The Hall–Kier alpha value is -1.30. The third-order valence-electron chi connectivity index (χ3n) is 3.14. The van der Waals surface area contributed by atoms with Crippen molar-refractivity contribution in [2.24, 2.45) is 5.84 Å². The normalized spacial score (nSPS) is 18.7. The Bertz CT molecular complexity index is 447. The highest BCUT2D eigenvalue weighted by molar-refractivity contribution is 6.31. The maximum atomic E-state index is 12.4. The number of nitrogens with one attached hydrogen (secondary N) is 1.